The van der Waals surface area contributed by atoms with Crippen LogP contribution in [0.3, 0.4) is 0 Å². The highest BCUT2D eigenvalue weighted by Gasteiger charge is 2.74. The van der Waals surface area contributed by atoms with E-state index in [1.807, 2.05) is 0 Å². The van der Waals surface area contributed by atoms with Gasteiger partial charge in [-0.15, -0.1) is 0 Å². The third-order valence-corrected chi connectivity index (χ3v) is 3.14. The third kappa shape index (κ3) is 3.52. The molecule has 4 nitrogen and oxygen atoms in total. The molecule has 0 bridgehead atoms. The molecule has 130 valence electrons. The van der Waals surface area contributed by atoms with Crippen LogP contribution in [0.15, 0.2) is 35.8 Å². The molecule has 0 aromatic rings. The van der Waals surface area contributed by atoms with Gasteiger partial charge in [0.15, 0.2) is 0 Å². The summed E-state index contributed by atoms with van der Waals surface area (Å²) in [6.45, 7) is 4.43. The minimum absolute atomic E-state index is 0.136. The van der Waals surface area contributed by atoms with E-state index in [-0.39, 0.29) is 5.57 Å². The van der Waals surface area contributed by atoms with Crippen LogP contribution in [-0.2, 0) is 9.53 Å². The zero-order valence-electron chi connectivity index (χ0n) is 11.6. The van der Waals surface area contributed by atoms with Gasteiger partial charge >= 0.3 is 18.3 Å². The fraction of sp³-hybridized carbons (Fsp3) is 0.462. The molecule has 0 spiro atoms. The quantitative estimate of drug-likeness (QED) is 0.467. The number of aliphatic hydroxyl groups excluding tert-OH is 1. The second-order valence-corrected chi connectivity index (χ2v) is 4.91. The van der Waals surface area contributed by atoms with Crippen LogP contribution < -0.4 is 0 Å². The molecule has 0 fully saturated rings. The molecule has 0 radical (unpaired) electrons. The number of carbonyl (C=O) groups is 1. The molecular formula is C13H12F6O4. The summed E-state index contributed by atoms with van der Waals surface area (Å²) in [4.78, 5) is 11.3. The molecule has 0 aromatic heterocycles. The monoisotopic (exact) mass is 346 g/mol. The Balaban J connectivity index is 3.22. The molecule has 2 N–H and O–H groups in total. The van der Waals surface area contributed by atoms with Crippen LogP contribution >= 0.6 is 0 Å². The molecule has 1 aliphatic carbocycles. The second kappa shape index (κ2) is 5.91. The molecule has 10 heteroatoms. The molecule has 1 aliphatic rings. The molecule has 0 heterocycles. The van der Waals surface area contributed by atoms with E-state index in [0.29, 0.717) is 6.08 Å². The number of hydrogen-bond acceptors (Lipinski definition) is 4. The average molecular weight is 346 g/mol. The van der Waals surface area contributed by atoms with E-state index in [1.54, 1.807) is 0 Å². The van der Waals surface area contributed by atoms with E-state index in [0.717, 1.165) is 6.08 Å². The lowest BCUT2D eigenvalue weighted by Gasteiger charge is -2.39. The zero-order valence-corrected chi connectivity index (χ0v) is 11.6. The molecule has 1 rings (SSSR count). The molecule has 1 unspecified atom stereocenters. The Morgan fingerprint density at radius 3 is 2.09 bits per heavy atom. The van der Waals surface area contributed by atoms with Crippen LogP contribution in [0, 0.1) is 5.92 Å². The van der Waals surface area contributed by atoms with Gasteiger partial charge in [0.2, 0.25) is 0 Å². The summed E-state index contributed by atoms with van der Waals surface area (Å²) in [5.41, 5.74) is -5.33. The van der Waals surface area contributed by atoms with Crippen molar-refractivity contribution in [1.29, 1.82) is 0 Å². The number of ether oxygens (including phenoxy) is 1. The molecule has 1 atom stereocenters. The van der Waals surface area contributed by atoms with E-state index in [1.165, 1.54) is 6.92 Å². The molecular weight excluding hydrogens is 334 g/mol. The molecule has 0 saturated carbocycles. The van der Waals surface area contributed by atoms with Gasteiger partial charge < -0.3 is 14.9 Å². The van der Waals surface area contributed by atoms with Crippen molar-refractivity contribution in [3.63, 3.8) is 0 Å². The standard InChI is InChI=1S/C13H12F6O4/c1-6(2)10(21)23-7-3-4-9(20)8(5-7)11(22,12(14,15)16)13(17,18)19/h3-4,8,20,22H,1,5H2,2H3. The van der Waals surface area contributed by atoms with Crippen molar-refractivity contribution in [3.05, 3.63) is 35.8 Å². The van der Waals surface area contributed by atoms with Crippen molar-refractivity contribution in [3.8, 4) is 0 Å². The highest BCUT2D eigenvalue weighted by molar-refractivity contribution is 5.87. The highest BCUT2D eigenvalue weighted by atomic mass is 19.4. The summed E-state index contributed by atoms with van der Waals surface area (Å²) >= 11 is 0. The number of alkyl halides is 6. The van der Waals surface area contributed by atoms with Crippen molar-refractivity contribution in [2.75, 3.05) is 0 Å². The van der Waals surface area contributed by atoms with Crippen LogP contribution in [0.4, 0.5) is 26.3 Å². The van der Waals surface area contributed by atoms with E-state index in [2.05, 4.69) is 11.3 Å². The fourth-order valence-corrected chi connectivity index (χ4v) is 1.87. The Morgan fingerprint density at radius 1 is 1.22 bits per heavy atom. The minimum Gasteiger partial charge on any atom is -0.512 e. The first-order chi connectivity index (χ1) is 10.2. The van der Waals surface area contributed by atoms with Gasteiger partial charge in [-0.25, -0.2) is 4.79 Å². The maximum Gasteiger partial charge on any atom is 0.427 e. The van der Waals surface area contributed by atoms with Gasteiger partial charge in [-0.3, -0.25) is 0 Å². The van der Waals surface area contributed by atoms with Crippen LogP contribution in [0.25, 0.3) is 0 Å². The molecule has 0 aromatic carbocycles. The van der Waals surface area contributed by atoms with Gasteiger partial charge in [0.1, 0.15) is 5.76 Å². The summed E-state index contributed by atoms with van der Waals surface area (Å²) in [6, 6.07) is 0. The number of allylic oxidation sites excluding steroid dienone is 3. The number of aliphatic hydroxyl groups is 2. The summed E-state index contributed by atoms with van der Waals surface area (Å²) in [5.74, 6) is -5.78. The predicted molar refractivity (Wildman–Crippen MR) is 64.9 cm³/mol. The van der Waals surface area contributed by atoms with Gasteiger partial charge in [-0.2, -0.15) is 26.3 Å². The molecule has 23 heavy (non-hydrogen) atoms. The largest absolute Gasteiger partial charge is 0.512 e. The van der Waals surface area contributed by atoms with Crippen molar-refractivity contribution < 1.29 is 46.1 Å². The Morgan fingerprint density at radius 2 is 1.70 bits per heavy atom. The van der Waals surface area contributed by atoms with Crippen LogP contribution in [0.5, 0.6) is 0 Å². The summed E-state index contributed by atoms with van der Waals surface area (Å²) in [7, 11) is 0. The Bertz CT molecular complexity index is 556. The van der Waals surface area contributed by atoms with Crippen LogP contribution in [0.1, 0.15) is 13.3 Å². The average Bonchev–Trinajstić information content (AvgIpc) is 2.37. The summed E-state index contributed by atoms with van der Waals surface area (Å²) < 4.78 is 81.5. The normalized spacial score (nSPS) is 19.7. The first-order valence-electron chi connectivity index (χ1n) is 6.05. The minimum atomic E-state index is -6.11. The van der Waals surface area contributed by atoms with E-state index in [9.17, 15) is 41.4 Å². The maximum absolute atomic E-state index is 12.8. The number of halogens is 6. The molecule has 0 saturated heterocycles. The van der Waals surface area contributed by atoms with Crippen molar-refractivity contribution in [2.45, 2.75) is 31.3 Å². The molecule has 0 aliphatic heterocycles. The highest BCUT2D eigenvalue weighted by Crippen LogP contribution is 2.51. The number of rotatable bonds is 3. The van der Waals surface area contributed by atoms with E-state index >= 15 is 0 Å². The van der Waals surface area contributed by atoms with Gasteiger partial charge in [0, 0.05) is 12.0 Å². The number of hydrogen-bond donors (Lipinski definition) is 2. The second-order valence-electron chi connectivity index (χ2n) is 4.91. The zero-order chi connectivity index (χ0) is 18.2. The van der Waals surface area contributed by atoms with Crippen LogP contribution in [0.2, 0.25) is 0 Å². The lowest BCUT2D eigenvalue weighted by Crippen LogP contribution is -2.62. The van der Waals surface area contributed by atoms with E-state index in [4.69, 9.17) is 0 Å². The predicted octanol–water partition coefficient (Wildman–Crippen LogP) is 3.31. The van der Waals surface area contributed by atoms with Gasteiger partial charge in [0.05, 0.1) is 11.7 Å². The van der Waals surface area contributed by atoms with E-state index < -0.39 is 47.8 Å². The third-order valence-electron chi connectivity index (χ3n) is 3.14. The Kier molecular flexibility index (Phi) is 4.90. The van der Waals surface area contributed by atoms with Crippen molar-refractivity contribution in [1.82, 2.24) is 0 Å². The lowest BCUT2D eigenvalue weighted by molar-refractivity contribution is -0.383. The van der Waals surface area contributed by atoms with Crippen molar-refractivity contribution >= 4 is 5.97 Å². The molecule has 0 amide bonds. The SMILES string of the molecule is C=C(C)C(=O)OC1=CC=C(O)C(C(O)(C(F)(F)F)C(F)(F)F)C1. The summed E-state index contributed by atoms with van der Waals surface area (Å²) in [5, 5.41) is 18.7. The number of esters is 1. The lowest BCUT2D eigenvalue weighted by atomic mass is 9.79. The Labute approximate surface area is 126 Å². The van der Waals surface area contributed by atoms with Gasteiger partial charge in [-0.1, -0.05) is 6.58 Å². The van der Waals surface area contributed by atoms with Crippen molar-refractivity contribution in [2.24, 2.45) is 5.92 Å². The van der Waals surface area contributed by atoms with Gasteiger partial charge in [-0.05, 0) is 19.1 Å². The fourth-order valence-electron chi connectivity index (χ4n) is 1.87. The van der Waals surface area contributed by atoms with Gasteiger partial charge in [0.25, 0.3) is 5.60 Å². The number of carbonyl (C=O) groups excluding carboxylic acids is 1. The maximum atomic E-state index is 12.8. The topological polar surface area (TPSA) is 66.8 Å². The smallest absolute Gasteiger partial charge is 0.427 e. The summed E-state index contributed by atoms with van der Waals surface area (Å²) in [6.07, 6.45) is -12.1. The first kappa shape index (κ1) is 19.1. The Hall–Kier alpha value is -1.97. The first-order valence-corrected chi connectivity index (χ1v) is 6.05. The van der Waals surface area contributed by atoms with Crippen LogP contribution in [-0.4, -0.2) is 34.1 Å².